The first kappa shape index (κ1) is 17.9. The molecule has 0 aliphatic heterocycles. The van der Waals surface area contributed by atoms with Crippen LogP contribution in [0.4, 0.5) is 0 Å². The van der Waals surface area contributed by atoms with Gasteiger partial charge in [-0.25, -0.2) is 13.1 Å². The summed E-state index contributed by atoms with van der Waals surface area (Å²) in [7, 11) is -3.28. The fourth-order valence-corrected chi connectivity index (χ4v) is 3.67. The smallest absolute Gasteiger partial charge is 0.223 e. The highest BCUT2D eigenvalue weighted by Gasteiger charge is 2.43. The molecule has 0 bridgehead atoms. The van der Waals surface area contributed by atoms with Crippen molar-refractivity contribution >= 4 is 15.9 Å². The number of carbonyl (C=O) groups excluding carboxylic acids is 1. The Morgan fingerprint density at radius 2 is 1.91 bits per heavy atom. The zero-order chi connectivity index (χ0) is 17.0. The second-order valence-corrected chi connectivity index (χ2v) is 8.30. The average Bonchev–Trinajstić information content (AvgIpc) is 3.27. The van der Waals surface area contributed by atoms with E-state index in [1.807, 2.05) is 0 Å². The zero-order valence-corrected chi connectivity index (χ0v) is 14.8. The Balaban J connectivity index is 1.80. The molecular formula is C17H26N2O3S. The van der Waals surface area contributed by atoms with Crippen molar-refractivity contribution in [2.75, 3.05) is 18.8 Å². The molecule has 0 aromatic heterocycles. The Morgan fingerprint density at radius 3 is 2.48 bits per heavy atom. The second-order valence-electron chi connectivity index (χ2n) is 6.38. The monoisotopic (exact) mass is 338 g/mol. The molecule has 23 heavy (non-hydrogen) atoms. The molecule has 1 aromatic rings. The second kappa shape index (κ2) is 7.45. The van der Waals surface area contributed by atoms with E-state index in [2.05, 4.69) is 48.2 Å². The maximum Gasteiger partial charge on any atom is 0.223 e. The molecule has 1 aliphatic carbocycles. The van der Waals surface area contributed by atoms with E-state index in [4.69, 9.17) is 0 Å². The standard InChI is InChI=1S/C17H26N2O3S/c1-4-19-23(21,22)10-9-18-17(20)16-11-15(16)14-7-5-13(6-8-14)12(2)3/h5-8,12,15-16,19H,4,9-11H2,1-3H3,(H,18,20)/t15-,16+/m1/s1. The molecule has 0 saturated heterocycles. The third kappa shape index (κ3) is 5.04. The first-order valence-corrected chi connectivity index (χ1v) is 9.84. The van der Waals surface area contributed by atoms with E-state index in [0.29, 0.717) is 12.5 Å². The van der Waals surface area contributed by atoms with Crippen LogP contribution in [0.2, 0.25) is 0 Å². The van der Waals surface area contributed by atoms with Gasteiger partial charge in [0.05, 0.1) is 5.75 Å². The van der Waals surface area contributed by atoms with Gasteiger partial charge >= 0.3 is 0 Å². The van der Waals surface area contributed by atoms with Crippen LogP contribution in [-0.4, -0.2) is 33.2 Å². The molecule has 1 aliphatic rings. The van der Waals surface area contributed by atoms with Gasteiger partial charge in [-0.15, -0.1) is 0 Å². The number of sulfonamides is 1. The Morgan fingerprint density at radius 1 is 1.26 bits per heavy atom. The maximum atomic E-state index is 12.1. The van der Waals surface area contributed by atoms with Crippen LogP contribution in [0.25, 0.3) is 0 Å². The molecule has 0 heterocycles. The van der Waals surface area contributed by atoms with E-state index in [9.17, 15) is 13.2 Å². The van der Waals surface area contributed by atoms with Crippen molar-refractivity contribution in [3.05, 3.63) is 35.4 Å². The summed E-state index contributed by atoms with van der Waals surface area (Å²) >= 11 is 0. The Kier molecular flexibility index (Phi) is 5.81. The van der Waals surface area contributed by atoms with E-state index in [-0.39, 0.29) is 30.0 Å². The normalized spacial score (nSPS) is 20.5. The SMILES string of the molecule is CCNS(=O)(=O)CCNC(=O)[C@H]1C[C@@H]1c1ccc(C(C)C)cc1. The number of carbonyl (C=O) groups is 1. The van der Waals surface area contributed by atoms with Crippen molar-refractivity contribution in [2.24, 2.45) is 5.92 Å². The van der Waals surface area contributed by atoms with Crippen molar-refractivity contribution in [3.8, 4) is 0 Å². The topological polar surface area (TPSA) is 75.3 Å². The van der Waals surface area contributed by atoms with E-state index < -0.39 is 10.0 Å². The van der Waals surface area contributed by atoms with Gasteiger partial charge in [0.1, 0.15) is 0 Å². The van der Waals surface area contributed by atoms with Gasteiger partial charge in [0.25, 0.3) is 0 Å². The summed E-state index contributed by atoms with van der Waals surface area (Å²) in [5, 5.41) is 2.73. The van der Waals surface area contributed by atoms with Gasteiger partial charge in [0.15, 0.2) is 0 Å². The highest BCUT2D eigenvalue weighted by Crippen LogP contribution is 2.47. The number of nitrogens with one attached hydrogen (secondary N) is 2. The van der Waals surface area contributed by atoms with Gasteiger partial charge < -0.3 is 5.32 Å². The molecule has 2 rings (SSSR count). The van der Waals surface area contributed by atoms with Crippen LogP contribution < -0.4 is 10.0 Å². The lowest BCUT2D eigenvalue weighted by Crippen LogP contribution is -2.35. The molecule has 0 spiro atoms. The van der Waals surface area contributed by atoms with Crippen LogP contribution in [0, 0.1) is 5.92 Å². The fourth-order valence-electron chi connectivity index (χ4n) is 2.71. The lowest BCUT2D eigenvalue weighted by molar-refractivity contribution is -0.122. The minimum absolute atomic E-state index is 0.0262. The lowest BCUT2D eigenvalue weighted by atomic mass is 10.00. The van der Waals surface area contributed by atoms with Gasteiger partial charge in [-0.1, -0.05) is 45.0 Å². The average molecular weight is 338 g/mol. The largest absolute Gasteiger partial charge is 0.355 e. The maximum absolute atomic E-state index is 12.1. The minimum Gasteiger partial charge on any atom is -0.355 e. The number of hydrogen-bond donors (Lipinski definition) is 2. The van der Waals surface area contributed by atoms with Crippen LogP contribution in [0.1, 0.15) is 50.2 Å². The quantitative estimate of drug-likeness (QED) is 0.761. The Hall–Kier alpha value is -1.40. The first-order chi connectivity index (χ1) is 10.8. The Labute approximate surface area is 138 Å². The van der Waals surface area contributed by atoms with E-state index in [0.717, 1.165) is 6.42 Å². The summed E-state index contributed by atoms with van der Waals surface area (Å²) in [6.07, 6.45) is 0.840. The van der Waals surface area contributed by atoms with E-state index in [1.54, 1.807) is 6.92 Å². The molecule has 0 unspecified atom stereocenters. The summed E-state index contributed by atoms with van der Waals surface area (Å²) in [5.41, 5.74) is 2.49. The van der Waals surface area contributed by atoms with Gasteiger partial charge in [0.2, 0.25) is 15.9 Å². The minimum atomic E-state index is -3.28. The third-order valence-corrected chi connectivity index (χ3v) is 5.66. The molecule has 128 valence electrons. The van der Waals surface area contributed by atoms with Crippen molar-refractivity contribution in [1.82, 2.24) is 10.0 Å². The zero-order valence-electron chi connectivity index (χ0n) is 14.0. The number of hydrogen-bond acceptors (Lipinski definition) is 3. The molecule has 1 aromatic carbocycles. The number of rotatable bonds is 8. The highest BCUT2D eigenvalue weighted by molar-refractivity contribution is 7.89. The number of benzene rings is 1. The van der Waals surface area contributed by atoms with Crippen LogP contribution in [0.3, 0.4) is 0 Å². The summed E-state index contributed by atoms with van der Waals surface area (Å²) in [6, 6.07) is 8.44. The van der Waals surface area contributed by atoms with Gasteiger partial charge in [0, 0.05) is 19.0 Å². The van der Waals surface area contributed by atoms with Crippen LogP contribution in [0.15, 0.2) is 24.3 Å². The van der Waals surface area contributed by atoms with Gasteiger partial charge in [-0.05, 0) is 29.4 Å². The summed E-state index contributed by atoms with van der Waals surface area (Å²) < 4.78 is 25.4. The molecular weight excluding hydrogens is 312 g/mol. The summed E-state index contributed by atoms with van der Waals surface area (Å²) in [5.74, 6) is 0.617. The number of amides is 1. The molecule has 1 saturated carbocycles. The van der Waals surface area contributed by atoms with Crippen molar-refractivity contribution in [2.45, 2.75) is 39.0 Å². The predicted molar refractivity (Wildman–Crippen MR) is 91.9 cm³/mol. The molecule has 5 nitrogen and oxygen atoms in total. The fraction of sp³-hybridized carbons (Fsp3) is 0.588. The van der Waals surface area contributed by atoms with Crippen molar-refractivity contribution in [1.29, 1.82) is 0 Å². The third-order valence-electron chi connectivity index (χ3n) is 4.19. The van der Waals surface area contributed by atoms with E-state index in [1.165, 1.54) is 11.1 Å². The van der Waals surface area contributed by atoms with Crippen molar-refractivity contribution in [3.63, 3.8) is 0 Å². The molecule has 1 amide bonds. The lowest BCUT2D eigenvalue weighted by Gasteiger charge is -2.08. The molecule has 0 radical (unpaired) electrons. The van der Waals surface area contributed by atoms with Crippen LogP contribution >= 0.6 is 0 Å². The molecule has 6 heteroatoms. The van der Waals surface area contributed by atoms with Crippen molar-refractivity contribution < 1.29 is 13.2 Å². The van der Waals surface area contributed by atoms with Gasteiger partial charge in [-0.3, -0.25) is 4.79 Å². The van der Waals surface area contributed by atoms with Crippen LogP contribution in [-0.2, 0) is 14.8 Å². The summed E-state index contributed by atoms with van der Waals surface area (Å²) in [4.78, 5) is 12.1. The molecule has 1 fully saturated rings. The Bertz CT molecular complexity index is 638. The predicted octanol–water partition coefficient (Wildman–Crippen LogP) is 1.97. The van der Waals surface area contributed by atoms with Gasteiger partial charge in [-0.2, -0.15) is 0 Å². The first-order valence-electron chi connectivity index (χ1n) is 8.19. The highest BCUT2D eigenvalue weighted by atomic mass is 32.2. The summed E-state index contributed by atoms with van der Waals surface area (Å²) in [6.45, 7) is 6.57. The van der Waals surface area contributed by atoms with E-state index >= 15 is 0 Å². The molecule has 2 atom stereocenters. The van der Waals surface area contributed by atoms with Crippen LogP contribution in [0.5, 0.6) is 0 Å². The molecule has 2 N–H and O–H groups in total.